The number of likely N-dealkylation sites (N-methyl/N-ethyl adjacent to an activating group) is 1. The van der Waals surface area contributed by atoms with Gasteiger partial charge >= 0.3 is 5.97 Å². The lowest BCUT2D eigenvalue weighted by molar-refractivity contribution is -0.384. The number of nitrogens with one attached hydrogen (secondary N) is 1. The van der Waals surface area contributed by atoms with Gasteiger partial charge < -0.3 is 15.3 Å². The molecule has 0 radical (unpaired) electrons. The number of nitro benzene ring substituents is 1. The summed E-state index contributed by atoms with van der Waals surface area (Å²) in [6.45, 7) is 1.53. The molecule has 0 bridgehead atoms. The molecule has 114 valence electrons. The molecule has 1 rings (SSSR count). The maximum absolute atomic E-state index is 11.8. The molecule has 0 aliphatic heterocycles. The first-order valence-electron chi connectivity index (χ1n) is 5.84. The van der Waals surface area contributed by atoms with Crippen molar-refractivity contribution in [2.24, 2.45) is 0 Å². The van der Waals surface area contributed by atoms with Crippen molar-refractivity contribution < 1.29 is 19.6 Å². The second-order valence-electron chi connectivity index (χ2n) is 4.51. The van der Waals surface area contributed by atoms with Gasteiger partial charge in [0.25, 0.3) is 5.69 Å². The molecule has 1 aromatic rings. The molecule has 0 aliphatic rings. The lowest BCUT2D eigenvalue weighted by atomic mass is 10.1. The van der Waals surface area contributed by atoms with Crippen molar-refractivity contribution in [2.45, 2.75) is 13.0 Å². The normalized spacial score (nSPS) is 11.6. The van der Waals surface area contributed by atoms with Gasteiger partial charge in [-0.05, 0) is 6.92 Å². The van der Waals surface area contributed by atoms with Crippen LogP contribution in [0.3, 0.4) is 0 Å². The Morgan fingerprint density at radius 3 is 2.43 bits per heavy atom. The quantitative estimate of drug-likeness (QED) is 0.633. The van der Waals surface area contributed by atoms with Crippen LogP contribution in [0.2, 0.25) is 5.02 Å². The van der Waals surface area contributed by atoms with Crippen LogP contribution in [0.1, 0.15) is 17.3 Å². The third-order valence-corrected chi connectivity index (χ3v) is 2.99. The molecule has 21 heavy (non-hydrogen) atoms. The molecular weight excluding hydrogens is 302 g/mol. The number of carboxylic acids is 1. The van der Waals surface area contributed by atoms with Gasteiger partial charge in [0.15, 0.2) is 0 Å². The van der Waals surface area contributed by atoms with Gasteiger partial charge in [-0.2, -0.15) is 0 Å². The highest BCUT2D eigenvalue weighted by Gasteiger charge is 2.23. The monoisotopic (exact) mass is 315 g/mol. The van der Waals surface area contributed by atoms with Gasteiger partial charge in [-0.25, -0.2) is 4.79 Å². The Morgan fingerprint density at radius 1 is 1.43 bits per heavy atom. The van der Waals surface area contributed by atoms with Gasteiger partial charge in [0.2, 0.25) is 5.91 Å². The van der Waals surface area contributed by atoms with E-state index in [9.17, 15) is 19.7 Å². The van der Waals surface area contributed by atoms with E-state index in [0.717, 1.165) is 12.1 Å². The van der Waals surface area contributed by atoms with Crippen molar-refractivity contribution in [1.29, 1.82) is 0 Å². The Hall–Kier alpha value is -2.35. The zero-order valence-corrected chi connectivity index (χ0v) is 12.3. The summed E-state index contributed by atoms with van der Waals surface area (Å²) in [5.41, 5.74) is -0.834. The second-order valence-corrected chi connectivity index (χ2v) is 4.92. The van der Waals surface area contributed by atoms with E-state index in [-0.39, 0.29) is 22.2 Å². The lowest BCUT2D eigenvalue weighted by Gasteiger charge is -2.20. The number of anilines is 1. The van der Waals surface area contributed by atoms with Gasteiger partial charge in [0, 0.05) is 26.2 Å². The van der Waals surface area contributed by atoms with E-state index in [4.69, 9.17) is 16.7 Å². The Balaban J connectivity index is 3.26. The van der Waals surface area contributed by atoms with Gasteiger partial charge in [0.05, 0.1) is 21.2 Å². The summed E-state index contributed by atoms with van der Waals surface area (Å²) in [7, 11) is 3.10. The van der Waals surface area contributed by atoms with Crippen LogP contribution in [0, 0.1) is 10.1 Å². The average molecular weight is 316 g/mol. The van der Waals surface area contributed by atoms with Crippen LogP contribution in [0.25, 0.3) is 0 Å². The Morgan fingerprint density at radius 2 is 2.00 bits per heavy atom. The number of non-ortho nitro benzene ring substituents is 1. The van der Waals surface area contributed by atoms with Crippen LogP contribution in [0.4, 0.5) is 11.4 Å². The Kier molecular flexibility index (Phi) is 5.09. The number of carbonyl (C=O) groups is 2. The molecular formula is C12H14ClN3O5. The predicted octanol–water partition coefficient (Wildman–Crippen LogP) is 1.83. The topological polar surface area (TPSA) is 113 Å². The smallest absolute Gasteiger partial charge is 0.338 e. The van der Waals surface area contributed by atoms with Crippen molar-refractivity contribution in [2.75, 3.05) is 19.4 Å². The van der Waals surface area contributed by atoms with Gasteiger partial charge in [-0.3, -0.25) is 14.9 Å². The largest absolute Gasteiger partial charge is 0.478 e. The fourth-order valence-electron chi connectivity index (χ4n) is 1.68. The Labute approximate surface area is 125 Å². The summed E-state index contributed by atoms with van der Waals surface area (Å²) in [6.07, 6.45) is 0. The van der Waals surface area contributed by atoms with Crippen LogP contribution >= 0.6 is 11.6 Å². The molecule has 1 atom stereocenters. The zero-order chi connectivity index (χ0) is 16.3. The minimum atomic E-state index is -1.38. The summed E-state index contributed by atoms with van der Waals surface area (Å²) in [6, 6.07) is 1.18. The van der Waals surface area contributed by atoms with E-state index in [1.807, 2.05) is 0 Å². The number of amides is 1. The highest BCUT2D eigenvalue weighted by Crippen LogP contribution is 2.32. The van der Waals surface area contributed by atoms with E-state index in [2.05, 4.69) is 5.32 Å². The molecule has 9 heteroatoms. The van der Waals surface area contributed by atoms with Crippen LogP contribution < -0.4 is 5.32 Å². The Bertz CT molecular complexity index is 603. The lowest BCUT2D eigenvalue weighted by Crippen LogP contribution is -2.37. The number of benzene rings is 1. The minimum Gasteiger partial charge on any atom is -0.478 e. The zero-order valence-electron chi connectivity index (χ0n) is 11.6. The van der Waals surface area contributed by atoms with E-state index >= 15 is 0 Å². The SMILES string of the molecule is CC(Nc1c(Cl)cc([N+](=O)[O-])cc1C(=O)O)C(=O)N(C)C. The molecule has 1 unspecified atom stereocenters. The maximum atomic E-state index is 11.8. The molecule has 0 saturated carbocycles. The summed E-state index contributed by atoms with van der Waals surface area (Å²) in [5.74, 6) is -1.67. The fourth-order valence-corrected chi connectivity index (χ4v) is 1.95. The molecule has 0 fully saturated rings. The predicted molar refractivity (Wildman–Crippen MR) is 76.8 cm³/mol. The number of carbonyl (C=O) groups excluding carboxylic acids is 1. The minimum absolute atomic E-state index is 0.0301. The number of rotatable bonds is 5. The summed E-state index contributed by atoms with van der Waals surface area (Å²) in [5, 5.41) is 22.4. The van der Waals surface area contributed by atoms with Gasteiger partial charge in [-0.1, -0.05) is 11.6 Å². The number of hydrogen-bond donors (Lipinski definition) is 2. The first-order chi connectivity index (χ1) is 9.65. The molecule has 1 aromatic carbocycles. The molecule has 1 amide bonds. The van der Waals surface area contributed by atoms with Crippen LogP contribution in [0.5, 0.6) is 0 Å². The van der Waals surface area contributed by atoms with E-state index in [1.165, 1.54) is 11.8 Å². The van der Waals surface area contributed by atoms with E-state index < -0.39 is 22.6 Å². The number of hydrogen-bond acceptors (Lipinski definition) is 5. The van der Waals surface area contributed by atoms with Gasteiger partial charge in [0.1, 0.15) is 6.04 Å². The summed E-state index contributed by atoms with van der Waals surface area (Å²) >= 11 is 5.90. The molecule has 2 N–H and O–H groups in total. The number of aromatic carboxylic acids is 1. The number of carboxylic acid groups (broad SMARTS) is 1. The van der Waals surface area contributed by atoms with Crippen LogP contribution in [0.15, 0.2) is 12.1 Å². The molecule has 0 aliphatic carbocycles. The number of nitro groups is 1. The highest BCUT2D eigenvalue weighted by atomic mass is 35.5. The number of halogens is 1. The maximum Gasteiger partial charge on any atom is 0.338 e. The molecule has 0 saturated heterocycles. The average Bonchev–Trinajstić information content (AvgIpc) is 2.38. The number of nitrogens with zero attached hydrogens (tertiary/aromatic N) is 2. The fraction of sp³-hybridized carbons (Fsp3) is 0.333. The standard InChI is InChI=1S/C12H14ClN3O5/c1-6(11(17)15(2)3)14-10-8(12(18)19)4-7(16(20)21)5-9(10)13/h4-6,14H,1-3H3,(H,18,19). The van der Waals surface area contributed by atoms with E-state index in [1.54, 1.807) is 14.1 Å². The van der Waals surface area contributed by atoms with E-state index in [0.29, 0.717) is 0 Å². The molecule has 0 spiro atoms. The third-order valence-electron chi connectivity index (χ3n) is 2.69. The summed E-state index contributed by atoms with van der Waals surface area (Å²) in [4.78, 5) is 34.3. The van der Waals surface area contributed by atoms with Crippen molar-refractivity contribution in [3.63, 3.8) is 0 Å². The second kappa shape index (κ2) is 6.40. The van der Waals surface area contributed by atoms with Gasteiger partial charge in [-0.15, -0.1) is 0 Å². The van der Waals surface area contributed by atoms with Crippen molar-refractivity contribution in [3.05, 3.63) is 32.8 Å². The molecule has 0 heterocycles. The van der Waals surface area contributed by atoms with Crippen LogP contribution in [-0.2, 0) is 4.79 Å². The first-order valence-corrected chi connectivity index (χ1v) is 6.21. The van der Waals surface area contributed by atoms with Crippen molar-refractivity contribution >= 4 is 34.9 Å². The van der Waals surface area contributed by atoms with Crippen molar-refractivity contribution in [3.8, 4) is 0 Å². The first kappa shape index (κ1) is 16.7. The molecule has 0 aromatic heterocycles. The highest BCUT2D eigenvalue weighted by molar-refractivity contribution is 6.34. The third kappa shape index (κ3) is 3.82. The molecule has 8 nitrogen and oxygen atoms in total. The summed E-state index contributed by atoms with van der Waals surface area (Å²) < 4.78 is 0. The van der Waals surface area contributed by atoms with Crippen LogP contribution in [-0.4, -0.2) is 46.9 Å². The van der Waals surface area contributed by atoms with Crippen molar-refractivity contribution in [1.82, 2.24) is 4.90 Å².